The van der Waals surface area contributed by atoms with E-state index < -0.39 is 0 Å². The second-order valence-electron chi connectivity index (χ2n) is 5.89. The highest BCUT2D eigenvalue weighted by atomic mass is 35.5. The number of likely N-dealkylation sites (tertiary alicyclic amines) is 1. The molecule has 1 aliphatic heterocycles. The molecule has 0 bridgehead atoms. The molecule has 1 atom stereocenters. The Morgan fingerprint density at radius 1 is 1.35 bits per heavy atom. The average molecular weight is 439 g/mol. The van der Waals surface area contributed by atoms with Gasteiger partial charge < -0.3 is 15.4 Å². The summed E-state index contributed by atoms with van der Waals surface area (Å²) in [6.45, 7) is 1.83. The second kappa shape index (κ2) is 10.9. The molecule has 0 radical (unpaired) electrons. The Morgan fingerprint density at radius 2 is 2.08 bits per heavy atom. The van der Waals surface area contributed by atoms with Crippen LogP contribution in [-0.2, 0) is 17.8 Å². The molecule has 1 aliphatic rings. The van der Waals surface area contributed by atoms with Crippen LogP contribution in [0.4, 0.5) is 0 Å². The highest BCUT2D eigenvalue weighted by Crippen LogP contribution is 2.19. The molecule has 0 aliphatic carbocycles. The maximum absolute atomic E-state index is 12.3. The van der Waals surface area contributed by atoms with Gasteiger partial charge in [-0.3, -0.25) is 4.79 Å². The van der Waals surface area contributed by atoms with Gasteiger partial charge in [-0.25, -0.2) is 4.98 Å². The Labute approximate surface area is 174 Å². The second-order valence-corrected chi connectivity index (χ2v) is 7.27. The van der Waals surface area contributed by atoms with E-state index in [0.29, 0.717) is 24.6 Å². The SMILES string of the molecule is Cl.Cl.NC1CCCN(C(=O)Cc2csc(COc3ccc(Cl)cc3)n2)C1. The van der Waals surface area contributed by atoms with Crippen LogP contribution in [0.15, 0.2) is 29.6 Å². The van der Waals surface area contributed by atoms with Crippen molar-refractivity contribution in [2.24, 2.45) is 5.73 Å². The van der Waals surface area contributed by atoms with E-state index in [1.54, 1.807) is 12.1 Å². The molecule has 5 nitrogen and oxygen atoms in total. The largest absolute Gasteiger partial charge is 0.486 e. The van der Waals surface area contributed by atoms with Gasteiger partial charge in [-0.05, 0) is 37.1 Å². The summed E-state index contributed by atoms with van der Waals surface area (Å²) < 4.78 is 5.67. The van der Waals surface area contributed by atoms with E-state index in [1.165, 1.54) is 11.3 Å². The standard InChI is InChI=1S/C17H20ClN3O2S.2ClH/c18-12-3-5-15(6-4-12)23-10-16-20-14(11-24-16)8-17(22)21-7-1-2-13(19)9-21;;/h3-6,11,13H,1-2,7-10,19H2;2*1H. The molecule has 1 unspecified atom stereocenters. The smallest absolute Gasteiger partial charge is 0.228 e. The summed E-state index contributed by atoms with van der Waals surface area (Å²) in [5.74, 6) is 0.843. The molecule has 0 saturated carbocycles. The van der Waals surface area contributed by atoms with Gasteiger partial charge in [-0.1, -0.05) is 11.6 Å². The monoisotopic (exact) mass is 437 g/mol. The molecule has 1 amide bonds. The van der Waals surface area contributed by atoms with Crippen LogP contribution in [0.1, 0.15) is 23.5 Å². The van der Waals surface area contributed by atoms with Crippen molar-refractivity contribution in [2.45, 2.75) is 31.9 Å². The molecular weight excluding hydrogens is 417 g/mol. The Balaban J connectivity index is 0.00000169. The van der Waals surface area contributed by atoms with E-state index in [4.69, 9.17) is 22.1 Å². The lowest BCUT2D eigenvalue weighted by Crippen LogP contribution is -2.46. The van der Waals surface area contributed by atoms with Crippen LogP contribution in [-0.4, -0.2) is 34.9 Å². The number of amides is 1. The molecule has 144 valence electrons. The molecule has 0 spiro atoms. The molecule has 2 aromatic rings. The van der Waals surface area contributed by atoms with Gasteiger partial charge in [0.25, 0.3) is 0 Å². The maximum Gasteiger partial charge on any atom is 0.228 e. The van der Waals surface area contributed by atoms with Crippen molar-refractivity contribution in [1.29, 1.82) is 0 Å². The zero-order chi connectivity index (χ0) is 16.9. The number of nitrogens with two attached hydrogens (primary N) is 1. The van der Waals surface area contributed by atoms with Crippen LogP contribution in [0.2, 0.25) is 5.02 Å². The van der Waals surface area contributed by atoms with Crippen molar-refractivity contribution in [3.8, 4) is 5.75 Å². The van der Waals surface area contributed by atoms with Gasteiger partial charge in [0.2, 0.25) is 5.91 Å². The lowest BCUT2D eigenvalue weighted by atomic mass is 10.1. The van der Waals surface area contributed by atoms with E-state index in [9.17, 15) is 4.79 Å². The predicted molar refractivity (Wildman–Crippen MR) is 110 cm³/mol. The number of nitrogens with zero attached hydrogens (tertiary/aromatic N) is 2. The number of ether oxygens (including phenoxy) is 1. The van der Waals surface area contributed by atoms with Gasteiger partial charge in [-0.15, -0.1) is 36.2 Å². The quantitative estimate of drug-likeness (QED) is 0.772. The lowest BCUT2D eigenvalue weighted by molar-refractivity contribution is -0.131. The number of hydrogen-bond acceptors (Lipinski definition) is 5. The molecule has 1 fully saturated rings. The summed E-state index contributed by atoms with van der Waals surface area (Å²) in [6.07, 6.45) is 2.29. The van der Waals surface area contributed by atoms with Gasteiger partial charge in [0, 0.05) is 29.5 Å². The molecule has 1 saturated heterocycles. The summed E-state index contributed by atoms with van der Waals surface area (Å²) in [5.41, 5.74) is 6.72. The number of aromatic nitrogens is 1. The molecular formula is C17H22Cl3N3O2S. The summed E-state index contributed by atoms with van der Waals surface area (Å²) in [4.78, 5) is 18.7. The Morgan fingerprint density at radius 3 is 2.77 bits per heavy atom. The van der Waals surface area contributed by atoms with Gasteiger partial charge in [0.05, 0.1) is 12.1 Å². The van der Waals surface area contributed by atoms with E-state index in [-0.39, 0.29) is 36.8 Å². The first-order valence-electron chi connectivity index (χ1n) is 7.95. The zero-order valence-electron chi connectivity index (χ0n) is 14.1. The van der Waals surface area contributed by atoms with Crippen molar-refractivity contribution in [3.05, 3.63) is 45.4 Å². The number of rotatable bonds is 5. The Bertz CT molecular complexity index is 697. The number of carbonyl (C=O) groups is 1. The number of hydrogen-bond donors (Lipinski definition) is 1. The minimum atomic E-state index is 0. The molecule has 1 aromatic carbocycles. The third-order valence-electron chi connectivity index (χ3n) is 3.92. The minimum Gasteiger partial charge on any atom is -0.486 e. The Kier molecular flexibility index (Phi) is 9.68. The first kappa shape index (κ1) is 23.0. The maximum atomic E-state index is 12.3. The highest BCUT2D eigenvalue weighted by Gasteiger charge is 2.21. The van der Waals surface area contributed by atoms with Gasteiger partial charge >= 0.3 is 0 Å². The molecule has 9 heteroatoms. The van der Waals surface area contributed by atoms with E-state index in [1.807, 2.05) is 22.4 Å². The van der Waals surface area contributed by atoms with Crippen LogP contribution in [0, 0.1) is 0 Å². The minimum absolute atomic E-state index is 0. The van der Waals surface area contributed by atoms with E-state index in [0.717, 1.165) is 35.8 Å². The van der Waals surface area contributed by atoms with E-state index >= 15 is 0 Å². The molecule has 2 heterocycles. The third kappa shape index (κ3) is 6.59. The van der Waals surface area contributed by atoms with Crippen molar-refractivity contribution < 1.29 is 9.53 Å². The molecule has 2 N–H and O–H groups in total. The number of thiazole rings is 1. The van der Waals surface area contributed by atoms with Crippen LogP contribution in [0.5, 0.6) is 5.75 Å². The van der Waals surface area contributed by atoms with Crippen molar-refractivity contribution >= 4 is 53.7 Å². The zero-order valence-corrected chi connectivity index (χ0v) is 17.3. The topological polar surface area (TPSA) is 68.5 Å². The van der Waals surface area contributed by atoms with Gasteiger partial charge in [0.1, 0.15) is 17.4 Å². The number of benzene rings is 1. The average Bonchev–Trinajstić information content (AvgIpc) is 3.02. The highest BCUT2D eigenvalue weighted by molar-refractivity contribution is 7.09. The molecule has 3 rings (SSSR count). The van der Waals surface area contributed by atoms with Crippen LogP contribution in [0.25, 0.3) is 0 Å². The van der Waals surface area contributed by atoms with Gasteiger partial charge in [-0.2, -0.15) is 0 Å². The van der Waals surface area contributed by atoms with Crippen molar-refractivity contribution in [2.75, 3.05) is 13.1 Å². The fraction of sp³-hybridized carbons (Fsp3) is 0.412. The van der Waals surface area contributed by atoms with Crippen LogP contribution < -0.4 is 10.5 Å². The normalized spacial score (nSPS) is 16.4. The number of carbonyl (C=O) groups excluding carboxylic acids is 1. The van der Waals surface area contributed by atoms with Crippen molar-refractivity contribution in [3.63, 3.8) is 0 Å². The van der Waals surface area contributed by atoms with Gasteiger partial charge in [0.15, 0.2) is 0 Å². The first-order valence-corrected chi connectivity index (χ1v) is 9.21. The van der Waals surface area contributed by atoms with Crippen molar-refractivity contribution in [1.82, 2.24) is 9.88 Å². The molecule has 1 aromatic heterocycles. The summed E-state index contributed by atoms with van der Waals surface area (Å²) in [6, 6.07) is 7.31. The number of piperidine rings is 1. The van der Waals surface area contributed by atoms with Crippen LogP contribution in [0.3, 0.4) is 0 Å². The number of halogens is 3. The lowest BCUT2D eigenvalue weighted by Gasteiger charge is -2.30. The Hall–Kier alpha value is -1.05. The summed E-state index contributed by atoms with van der Waals surface area (Å²) in [7, 11) is 0. The first-order chi connectivity index (χ1) is 11.6. The molecule has 26 heavy (non-hydrogen) atoms. The van der Waals surface area contributed by atoms with Crippen LogP contribution >= 0.6 is 47.8 Å². The summed E-state index contributed by atoms with van der Waals surface area (Å²) in [5, 5.41) is 3.44. The third-order valence-corrected chi connectivity index (χ3v) is 5.04. The fourth-order valence-electron chi connectivity index (χ4n) is 2.68. The fourth-order valence-corrected chi connectivity index (χ4v) is 3.51. The predicted octanol–water partition coefficient (Wildman–Crippen LogP) is 3.71. The van der Waals surface area contributed by atoms with E-state index in [2.05, 4.69) is 4.98 Å². The summed E-state index contributed by atoms with van der Waals surface area (Å²) >= 11 is 7.35.